The van der Waals surface area contributed by atoms with Gasteiger partial charge in [-0.2, -0.15) is 5.26 Å². The summed E-state index contributed by atoms with van der Waals surface area (Å²) in [4.78, 5) is 15.1. The zero-order valence-electron chi connectivity index (χ0n) is 8.02. The average Bonchev–Trinajstić information content (AvgIpc) is 2.27. The zero-order chi connectivity index (χ0) is 10.6. The van der Waals surface area contributed by atoms with E-state index in [4.69, 9.17) is 5.26 Å². The van der Waals surface area contributed by atoms with Crippen molar-refractivity contribution in [1.29, 1.82) is 5.26 Å². The highest BCUT2D eigenvalue weighted by molar-refractivity contribution is 5.87. The third kappa shape index (κ3) is 2.07. The van der Waals surface area contributed by atoms with Crippen molar-refractivity contribution < 1.29 is 9.53 Å². The van der Waals surface area contributed by atoms with Crippen LogP contribution in [0.2, 0.25) is 0 Å². The molecule has 1 aromatic heterocycles. The van der Waals surface area contributed by atoms with Gasteiger partial charge in [-0.05, 0) is 19.1 Å². The van der Waals surface area contributed by atoms with Gasteiger partial charge >= 0.3 is 5.97 Å². The Bertz CT molecular complexity index is 382. The molecule has 4 heteroatoms. The van der Waals surface area contributed by atoms with Crippen molar-refractivity contribution in [3.8, 4) is 6.07 Å². The molecule has 0 aromatic carbocycles. The Labute approximate surface area is 82.1 Å². The van der Waals surface area contributed by atoms with Gasteiger partial charge in [0.25, 0.3) is 0 Å². The molecule has 0 N–H and O–H groups in total. The fraction of sp³-hybridized carbons (Fsp3) is 0.300. The van der Waals surface area contributed by atoms with Gasteiger partial charge < -0.3 is 4.74 Å². The molecule has 1 rings (SSSR count). The lowest BCUT2D eigenvalue weighted by Crippen LogP contribution is -2.06. The second-order valence-electron chi connectivity index (χ2n) is 2.79. The highest BCUT2D eigenvalue weighted by Crippen LogP contribution is 2.11. The van der Waals surface area contributed by atoms with Crippen molar-refractivity contribution in [2.24, 2.45) is 0 Å². The molecule has 0 fully saturated rings. The molecule has 0 bridgehead atoms. The molecular weight excluding hydrogens is 180 g/mol. The lowest BCUT2D eigenvalue weighted by atomic mass is 10.1. The second kappa shape index (κ2) is 4.38. The summed E-state index contributed by atoms with van der Waals surface area (Å²) in [6.07, 6.45) is 0. The molecule has 0 aliphatic rings. The smallest absolute Gasteiger partial charge is 0.356 e. The van der Waals surface area contributed by atoms with Crippen molar-refractivity contribution in [3.63, 3.8) is 0 Å². The summed E-state index contributed by atoms with van der Waals surface area (Å²) in [5.74, 6) is -0.809. The van der Waals surface area contributed by atoms with Crippen LogP contribution in [0.25, 0.3) is 0 Å². The summed E-state index contributed by atoms with van der Waals surface area (Å²) in [6.45, 7) is 1.73. The highest BCUT2D eigenvalue weighted by atomic mass is 16.5. The molecule has 4 nitrogen and oxygen atoms in total. The standard InChI is InChI=1S/C10H10N2O2/c1-7(6-11)8-4-3-5-9(12-8)10(13)14-2/h3-5,7H,1-2H3. The molecule has 1 unspecified atom stereocenters. The normalized spacial score (nSPS) is 11.5. The van der Waals surface area contributed by atoms with Crippen LogP contribution in [0.4, 0.5) is 0 Å². The number of nitriles is 1. The maximum Gasteiger partial charge on any atom is 0.356 e. The fourth-order valence-electron chi connectivity index (χ4n) is 0.977. The van der Waals surface area contributed by atoms with Crippen molar-refractivity contribution in [3.05, 3.63) is 29.6 Å². The van der Waals surface area contributed by atoms with E-state index >= 15 is 0 Å². The summed E-state index contributed by atoms with van der Waals surface area (Å²) in [6, 6.07) is 7.00. The van der Waals surface area contributed by atoms with Crippen molar-refractivity contribution in [2.75, 3.05) is 7.11 Å². The van der Waals surface area contributed by atoms with Crippen LogP contribution >= 0.6 is 0 Å². The Hall–Kier alpha value is -1.89. The van der Waals surface area contributed by atoms with E-state index in [0.717, 1.165) is 0 Å². The molecule has 0 spiro atoms. The van der Waals surface area contributed by atoms with E-state index in [1.54, 1.807) is 25.1 Å². The highest BCUT2D eigenvalue weighted by Gasteiger charge is 2.10. The summed E-state index contributed by atoms with van der Waals surface area (Å²) < 4.78 is 4.52. The summed E-state index contributed by atoms with van der Waals surface area (Å²) in [5, 5.41) is 8.67. The summed E-state index contributed by atoms with van der Waals surface area (Å²) in [5.41, 5.74) is 0.808. The van der Waals surface area contributed by atoms with Gasteiger partial charge in [0.15, 0.2) is 0 Å². The molecule has 0 saturated carbocycles. The summed E-state index contributed by atoms with van der Waals surface area (Å²) in [7, 11) is 1.30. The van der Waals surface area contributed by atoms with E-state index in [2.05, 4.69) is 15.8 Å². The van der Waals surface area contributed by atoms with Crippen molar-refractivity contribution >= 4 is 5.97 Å². The minimum atomic E-state index is -0.489. The molecule has 72 valence electrons. The van der Waals surface area contributed by atoms with E-state index in [1.807, 2.05) is 0 Å². The number of nitrogens with zero attached hydrogens (tertiary/aromatic N) is 2. The van der Waals surface area contributed by atoms with Crippen LogP contribution in [-0.4, -0.2) is 18.1 Å². The van der Waals surface area contributed by atoms with Crippen LogP contribution in [-0.2, 0) is 4.74 Å². The molecule has 14 heavy (non-hydrogen) atoms. The van der Waals surface area contributed by atoms with Gasteiger partial charge in [0, 0.05) is 0 Å². The van der Waals surface area contributed by atoms with E-state index in [1.165, 1.54) is 7.11 Å². The molecule has 0 radical (unpaired) electrons. The van der Waals surface area contributed by atoms with Gasteiger partial charge in [0.2, 0.25) is 0 Å². The number of hydrogen-bond acceptors (Lipinski definition) is 4. The number of aromatic nitrogens is 1. The Morgan fingerprint density at radius 2 is 2.36 bits per heavy atom. The van der Waals surface area contributed by atoms with Gasteiger partial charge in [-0.1, -0.05) is 6.07 Å². The number of carbonyl (C=O) groups is 1. The lowest BCUT2D eigenvalue weighted by Gasteiger charge is -2.03. The molecule has 0 amide bonds. The Morgan fingerprint density at radius 1 is 1.64 bits per heavy atom. The molecule has 0 aliphatic carbocycles. The Balaban J connectivity index is 3.02. The Kier molecular flexibility index (Phi) is 3.19. The quantitative estimate of drug-likeness (QED) is 0.663. The first-order valence-corrected chi connectivity index (χ1v) is 4.14. The largest absolute Gasteiger partial charge is 0.464 e. The lowest BCUT2D eigenvalue weighted by molar-refractivity contribution is 0.0593. The number of ether oxygens (including phenoxy) is 1. The predicted molar refractivity (Wildman–Crippen MR) is 49.6 cm³/mol. The van der Waals surface area contributed by atoms with Crippen LogP contribution in [0.5, 0.6) is 0 Å². The van der Waals surface area contributed by atoms with Gasteiger partial charge in [0.1, 0.15) is 5.69 Å². The van der Waals surface area contributed by atoms with Crippen LogP contribution in [0.15, 0.2) is 18.2 Å². The van der Waals surface area contributed by atoms with Gasteiger partial charge in [0.05, 0.1) is 24.8 Å². The topological polar surface area (TPSA) is 63.0 Å². The van der Waals surface area contributed by atoms with Crippen molar-refractivity contribution in [2.45, 2.75) is 12.8 Å². The molecule has 1 atom stereocenters. The number of carbonyl (C=O) groups excluding carboxylic acids is 1. The van der Waals surface area contributed by atoms with Crippen LogP contribution in [0.1, 0.15) is 29.0 Å². The van der Waals surface area contributed by atoms with Crippen LogP contribution < -0.4 is 0 Å². The average molecular weight is 190 g/mol. The van der Waals surface area contributed by atoms with Gasteiger partial charge in [-0.15, -0.1) is 0 Å². The minimum Gasteiger partial charge on any atom is -0.464 e. The van der Waals surface area contributed by atoms with E-state index < -0.39 is 5.97 Å². The number of esters is 1. The summed E-state index contributed by atoms with van der Waals surface area (Å²) >= 11 is 0. The minimum absolute atomic E-state index is 0.229. The maximum atomic E-state index is 11.1. The van der Waals surface area contributed by atoms with Gasteiger partial charge in [-0.3, -0.25) is 0 Å². The fourth-order valence-corrected chi connectivity index (χ4v) is 0.977. The van der Waals surface area contributed by atoms with Crippen LogP contribution in [0.3, 0.4) is 0 Å². The van der Waals surface area contributed by atoms with Crippen LogP contribution in [0, 0.1) is 11.3 Å². The molecular formula is C10H10N2O2. The van der Waals surface area contributed by atoms with E-state index in [0.29, 0.717) is 5.69 Å². The third-order valence-electron chi connectivity index (χ3n) is 1.80. The number of methoxy groups -OCH3 is 1. The first kappa shape index (κ1) is 10.2. The number of rotatable bonds is 2. The Morgan fingerprint density at radius 3 is 2.93 bits per heavy atom. The monoisotopic (exact) mass is 190 g/mol. The molecule has 1 heterocycles. The first-order valence-electron chi connectivity index (χ1n) is 4.14. The maximum absolute atomic E-state index is 11.1. The number of hydrogen-bond donors (Lipinski definition) is 0. The van der Waals surface area contributed by atoms with Gasteiger partial charge in [-0.25, -0.2) is 9.78 Å². The van der Waals surface area contributed by atoms with Crippen molar-refractivity contribution in [1.82, 2.24) is 4.98 Å². The SMILES string of the molecule is COC(=O)c1cccc(C(C)C#N)n1. The zero-order valence-corrected chi connectivity index (χ0v) is 8.02. The van der Waals surface area contributed by atoms with E-state index in [-0.39, 0.29) is 11.6 Å². The molecule has 0 saturated heterocycles. The molecule has 0 aliphatic heterocycles. The van der Waals surface area contributed by atoms with E-state index in [9.17, 15) is 4.79 Å². The molecule has 1 aromatic rings. The predicted octanol–water partition coefficient (Wildman–Crippen LogP) is 1.50. The first-order chi connectivity index (χ1) is 6.69. The number of pyridine rings is 1. The second-order valence-corrected chi connectivity index (χ2v) is 2.79. The third-order valence-corrected chi connectivity index (χ3v) is 1.80.